The molecule has 0 saturated heterocycles. The molecule has 1 heterocycles. The van der Waals surface area contributed by atoms with Crippen LogP contribution in [0.25, 0.3) is 0 Å². The number of aliphatic carboxylic acids is 1. The van der Waals surface area contributed by atoms with Crippen molar-refractivity contribution in [1.29, 1.82) is 0 Å². The summed E-state index contributed by atoms with van der Waals surface area (Å²) in [6, 6.07) is 0. The summed E-state index contributed by atoms with van der Waals surface area (Å²) in [5, 5.41) is 21.5. The average molecular weight is 272 g/mol. The summed E-state index contributed by atoms with van der Waals surface area (Å²) in [4.78, 5) is 13.8. The van der Waals surface area contributed by atoms with Gasteiger partial charge in [-0.1, -0.05) is 11.3 Å². The fourth-order valence-electron chi connectivity index (χ4n) is 0.552. The summed E-state index contributed by atoms with van der Waals surface area (Å²) in [6.45, 7) is 1.19. The average Bonchev–Trinajstić information content (AvgIpc) is 2.51. The molecule has 0 unspecified atom stereocenters. The van der Waals surface area contributed by atoms with Gasteiger partial charge in [0.1, 0.15) is 0 Å². The molecule has 2 N–H and O–H groups in total. The number of aliphatic imine (C=N–C) groups is 1. The van der Waals surface area contributed by atoms with Crippen molar-refractivity contribution in [3.63, 3.8) is 0 Å². The van der Waals surface area contributed by atoms with E-state index in [1.54, 1.807) is 0 Å². The van der Waals surface area contributed by atoms with Crippen molar-refractivity contribution in [2.45, 2.75) is 11.3 Å². The normalized spacial score (nSPS) is 12.0. The molecule has 0 aliphatic heterocycles. The molecule has 0 aliphatic rings. The molecule has 82 valence electrons. The third kappa shape index (κ3) is 4.23. The summed E-state index contributed by atoms with van der Waals surface area (Å²) >= 11 is 0.572. The molecule has 0 spiro atoms. The van der Waals surface area contributed by atoms with Crippen LogP contribution >= 0.6 is 11.3 Å². The Morgan fingerprint density at radius 3 is 2.44 bits per heavy atom. The molecule has 0 atom stereocenters. The maximum Gasteiger partial charge on any atom is 1.00 e. The van der Waals surface area contributed by atoms with E-state index < -0.39 is 20.3 Å². The number of nitrogens with two attached hydrogens (primary N) is 1. The van der Waals surface area contributed by atoms with Gasteiger partial charge in [-0.3, -0.25) is 0 Å². The van der Waals surface area contributed by atoms with Crippen LogP contribution < -0.4 is 39.8 Å². The van der Waals surface area contributed by atoms with Crippen LogP contribution in [-0.4, -0.2) is 30.3 Å². The zero-order valence-corrected chi connectivity index (χ0v) is 12.0. The largest absolute Gasteiger partial charge is 1.00 e. The van der Waals surface area contributed by atoms with Gasteiger partial charge >= 0.3 is 29.6 Å². The van der Waals surface area contributed by atoms with E-state index in [0.29, 0.717) is 11.3 Å². The number of hydrogen-bond acceptors (Lipinski definition) is 8. The van der Waals surface area contributed by atoms with Gasteiger partial charge in [-0.15, -0.1) is 10.2 Å². The van der Waals surface area contributed by atoms with Crippen LogP contribution in [0.3, 0.4) is 0 Å². The van der Waals surface area contributed by atoms with Crippen LogP contribution in [0.5, 0.6) is 0 Å². The van der Waals surface area contributed by atoms with Gasteiger partial charge in [0.2, 0.25) is 9.47 Å². The van der Waals surface area contributed by atoms with Gasteiger partial charge in [-0.2, -0.15) is 0 Å². The quantitative estimate of drug-likeness (QED) is 0.432. The summed E-state index contributed by atoms with van der Waals surface area (Å²) in [7, 11) is -3.93. The second-order valence-corrected chi connectivity index (χ2v) is 5.07. The number of hydrogen-bond donors (Lipinski definition) is 1. The number of carboxylic acids is 1. The number of carbonyl (C=O) groups is 1. The van der Waals surface area contributed by atoms with Crippen LogP contribution in [0.1, 0.15) is 6.92 Å². The van der Waals surface area contributed by atoms with Crippen molar-refractivity contribution in [2.75, 3.05) is 0 Å². The van der Waals surface area contributed by atoms with Crippen LogP contribution in [-0.2, 0) is 14.8 Å². The molecule has 0 aliphatic carbocycles. The maximum absolute atomic E-state index is 10.8. The molecule has 0 amide bonds. The first-order chi connectivity index (χ1) is 6.80. The van der Waals surface area contributed by atoms with Crippen LogP contribution in [0.15, 0.2) is 9.33 Å². The van der Waals surface area contributed by atoms with Crippen molar-refractivity contribution < 1.29 is 47.9 Å². The van der Waals surface area contributed by atoms with Crippen molar-refractivity contribution in [3.8, 4) is 0 Å². The maximum atomic E-state index is 10.8. The molecule has 0 aromatic carbocycles. The molecule has 8 nitrogen and oxygen atoms in total. The standard InChI is InChI=1S/C5H6N4O4S2.Na/c1-2(3(10)11)7-4-8-9-5(14-4)15(6,12)13;/h1H3,(H,10,11)(H2,6,12,13);/q;+1/p-1/b7-2+;. The molecule has 16 heavy (non-hydrogen) atoms. The molecule has 0 saturated carbocycles. The van der Waals surface area contributed by atoms with Crippen LogP contribution in [0.4, 0.5) is 5.13 Å². The number of rotatable bonds is 3. The van der Waals surface area contributed by atoms with E-state index in [1.807, 2.05) is 0 Å². The zero-order valence-electron chi connectivity index (χ0n) is 8.37. The third-order valence-corrected chi connectivity index (χ3v) is 3.33. The van der Waals surface area contributed by atoms with E-state index in [1.165, 1.54) is 6.92 Å². The van der Waals surface area contributed by atoms with E-state index in [4.69, 9.17) is 5.14 Å². The Bertz CT molecular complexity index is 522. The fraction of sp³-hybridized carbons (Fsp3) is 0.200. The van der Waals surface area contributed by atoms with Gasteiger partial charge in [-0.25, -0.2) is 18.5 Å². The Morgan fingerprint density at radius 1 is 1.50 bits per heavy atom. The Hall–Kier alpha value is -0.390. The van der Waals surface area contributed by atoms with E-state index in [-0.39, 0.29) is 40.4 Å². The minimum absolute atomic E-state index is 0. The minimum atomic E-state index is -3.93. The Morgan fingerprint density at radius 2 is 2.06 bits per heavy atom. The number of primary sulfonamides is 1. The van der Waals surface area contributed by atoms with E-state index in [9.17, 15) is 18.3 Å². The van der Waals surface area contributed by atoms with E-state index in [2.05, 4.69) is 15.2 Å². The minimum Gasteiger partial charge on any atom is -0.543 e. The number of sulfonamides is 1. The van der Waals surface area contributed by atoms with Gasteiger partial charge < -0.3 is 9.90 Å². The summed E-state index contributed by atoms with van der Waals surface area (Å²) in [6.07, 6.45) is 0. The molecule has 0 bridgehead atoms. The molecule has 11 heteroatoms. The van der Waals surface area contributed by atoms with Crippen molar-refractivity contribution in [3.05, 3.63) is 0 Å². The summed E-state index contributed by atoms with van der Waals surface area (Å²) in [5.74, 6) is -1.47. The first-order valence-electron chi connectivity index (χ1n) is 3.43. The summed E-state index contributed by atoms with van der Waals surface area (Å²) < 4.78 is 21.1. The summed E-state index contributed by atoms with van der Waals surface area (Å²) in [5.41, 5.74) is -0.327. The smallest absolute Gasteiger partial charge is 0.543 e. The van der Waals surface area contributed by atoms with Crippen LogP contribution in [0.2, 0.25) is 0 Å². The van der Waals surface area contributed by atoms with E-state index >= 15 is 0 Å². The second kappa shape index (κ2) is 5.80. The topological polar surface area (TPSA) is 138 Å². The molecular weight excluding hydrogens is 267 g/mol. The molecule has 0 fully saturated rings. The SMILES string of the molecule is C/C(=N\c1nnc(S(N)(=O)=O)s1)C(=O)[O-].[Na+]. The first-order valence-corrected chi connectivity index (χ1v) is 5.80. The third-order valence-electron chi connectivity index (χ3n) is 1.20. The van der Waals surface area contributed by atoms with Crippen molar-refractivity contribution in [1.82, 2.24) is 10.2 Å². The zero-order chi connectivity index (χ0) is 11.6. The number of nitrogens with zero attached hydrogens (tertiary/aromatic N) is 3. The van der Waals surface area contributed by atoms with Gasteiger partial charge in [0.25, 0.3) is 10.0 Å². The van der Waals surface area contributed by atoms with Gasteiger partial charge in [0, 0.05) is 0 Å². The first kappa shape index (κ1) is 15.6. The monoisotopic (exact) mass is 272 g/mol. The Balaban J connectivity index is 0.00000225. The van der Waals surface area contributed by atoms with Crippen molar-refractivity contribution in [2.24, 2.45) is 10.1 Å². The molecule has 1 rings (SSSR count). The number of carboxylic acid groups (broad SMARTS) is 1. The predicted molar refractivity (Wildman–Crippen MR) is 49.1 cm³/mol. The van der Waals surface area contributed by atoms with E-state index in [0.717, 1.165) is 0 Å². The fourth-order valence-corrected chi connectivity index (χ4v) is 1.90. The Labute approximate surface area is 117 Å². The number of aromatic nitrogens is 2. The molecule has 1 aromatic rings. The molecular formula is C5H5N4NaO4S2. The van der Waals surface area contributed by atoms with Gasteiger partial charge in [0.05, 0.1) is 11.7 Å². The Kier molecular flexibility index (Phi) is 5.65. The predicted octanol–water partition coefficient (Wildman–Crippen LogP) is -4.97. The second-order valence-electron chi connectivity index (χ2n) is 2.38. The molecule has 0 radical (unpaired) electrons. The van der Waals surface area contributed by atoms with Gasteiger partial charge in [-0.05, 0) is 6.92 Å². The number of carbonyl (C=O) groups excluding carboxylic acids is 1. The van der Waals surface area contributed by atoms with Crippen LogP contribution in [0, 0.1) is 0 Å². The molecule has 1 aromatic heterocycles. The van der Waals surface area contributed by atoms with Crippen molar-refractivity contribution >= 4 is 38.2 Å². The van der Waals surface area contributed by atoms with Gasteiger partial charge in [0.15, 0.2) is 0 Å².